The Morgan fingerprint density at radius 2 is 2.00 bits per heavy atom. The average molecular weight is 385 g/mol. The van der Waals surface area contributed by atoms with Crippen molar-refractivity contribution in [1.82, 2.24) is 15.3 Å². The van der Waals surface area contributed by atoms with E-state index < -0.39 is 17.5 Å². The fourth-order valence-corrected chi connectivity index (χ4v) is 2.66. The van der Waals surface area contributed by atoms with E-state index in [0.29, 0.717) is 22.4 Å². The van der Waals surface area contributed by atoms with Crippen LogP contribution in [0.1, 0.15) is 21.5 Å². The zero-order valence-corrected chi connectivity index (χ0v) is 14.9. The second kappa shape index (κ2) is 8.53. The second-order valence-electron chi connectivity index (χ2n) is 5.88. The van der Waals surface area contributed by atoms with Crippen molar-refractivity contribution in [2.24, 2.45) is 0 Å². The fraction of sp³-hybridized carbons (Fsp3) is 0.150. The van der Waals surface area contributed by atoms with Crippen LogP contribution < -0.4 is 10.1 Å². The summed E-state index contributed by atoms with van der Waals surface area (Å²) in [6.45, 7) is -0.278. The summed E-state index contributed by atoms with van der Waals surface area (Å²) >= 11 is 0. The molecule has 3 aromatic rings. The standard InChI is InChI=1S/C20H17F2N3O3/c1-28-20-17(22)7-12(10-25-20)9-24-19(27)15-8-13(4-5-16(15)21)18-14(11-26)3-2-6-23-18/h2-8,10,26H,9,11H2,1H3,(H,24,27). The van der Waals surface area contributed by atoms with Crippen LogP contribution in [-0.4, -0.2) is 28.1 Å². The molecule has 0 aliphatic heterocycles. The monoisotopic (exact) mass is 385 g/mol. The van der Waals surface area contributed by atoms with Gasteiger partial charge in [-0.15, -0.1) is 0 Å². The summed E-state index contributed by atoms with van der Waals surface area (Å²) in [5.74, 6) is -2.18. The molecule has 0 fully saturated rings. The number of amides is 1. The van der Waals surface area contributed by atoms with Gasteiger partial charge in [0.05, 0.1) is 25.0 Å². The van der Waals surface area contributed by atoms with Crippen molar-refractivity contribution >= 4 is 5.91 Å². The van der Waals surface area contributed by atoms with Crippen LogP contribution in [0.2, 0.25) is 0 Å². The van der Waals surface area contributed by atoms with E-state index in [0.717, 1.165) is 6.07 Å². The molecule has 0 aliphatic rings. The topological polar surface area (TPSA) is 84.3 Å². The van der Waals surface area contributed by atoms with Gasteiger partial charge in [-0.1, -0.05) is 6.07 Å². The van der Waals surface area contributed by atoms with Gasteiger partial charge in [-0.2, -0.15) is 0 Å². The number of benzene rings is 1. The Morgan fingerprint density at radius 1 is 1.18 bits per heavy atom. The maximum Gasteiger partial charge on any atom is 0.254 e. The van der Waals surface area contributed by atoms with Gasteiger partial charge < -0.3 is 15.2 Å². The van der Waals surface area contributed by atoms with Crippen LogP contribution in [0, 0.1) is 11.6 Å². The number of ether oxygens (including phenoxy) is 1. The molecule has 0 bridgehead atoms. The Labute approximate surface area is 159 Å². The highest BCUT2D eigenvalue weighted by Gasteiger charge is 2.15. The van der Waals surface area contributed by atoms with Crippen LogP contribution in [0.25, 0.3) is 11.3 Å². The lowest BCUT2D eigenvalue weighted by molar-refractivity contribution is 0.0947. The van der Waals surface area contributed by atoms with Gasteiger partial charge >= 0.3 is 0 Å². The highest BCUT2D eigenvalue weighted by Crippen LogP contribution is 2.24. The predicted octanol–water partition coefficient (Wildman–Crippen LogP) is 2.85. The molecule has 6 nitrogen and oxygen atoms in total. The molecule has 8 heteroatoms. The third-order valence-electron chi connectivity index (χ3n) is 4.06. The van der Waals surface area contributed by atoms with Crippen LogP contribution in [0.4, 0.5) is 8.78 Å². The molecule has 1 aromatic carbocycles. The lowest BCUT2D eigenvalue weighted by Gasteiger charge is -2.10. The molecule has 0 saturated carbocycles. The second-order valence-corrected chi connectivity index (χ2v) is 5.88. The lowest BCUT2D eigenvalue weighted by Crippen LogP contribution is -2.24. The van der Waals surface area contributed by atoms with Crippen molar-refractivity contribution in [3.8, 4) is 17.1 Å². The van der Waals surface area contributed by atoms with Gasteiger partial charge in [0.2, 0.25) is 5.88 Å². The van der Waals surface area contributed by atoms with Gasteiger partial charge in [0.1, 0.15) is 5.82 Å². The number of hydrogen-bond donors (Lipinski definition) is 2. The number of carbonyl (C=O) groups excluding carboxylic acids is 1. The number of carbonyl (C=O) groups is 1. The molecule has 0 saturated heterocycles. The molecule has 3 rings (SSSR count). The van der Waals surface area contributed by atoms with E-state index in [-0.39, 0.29) is 24.6 Å². The number of hydrogen-bond acceptors (Lipinski definition) is 5. The fourth-order valence-electron chi connectivity index (χ4n) is 2.66. The number of pyridine rings is 2. The molecule has 2 N–H and O–H groups in total. The van der Waals surface area contributed by atoms with Gasteiger partial charge in [-0.05, 0) is 35.9 Å². The number of aliphatic hydroxyl groups is 1. The molecule has 144 valence electrons. The third kappa shape index (κ3) is 4.12. The summed E-state index contributed by atoms with van der Waals surface area (Å²) in [6.07, 6.45) is 2.90. The van der Waals surface area contributed by atoms with Gasteiger partial charge in [-0.3, -0.25) is 9.78 Å². The smallest absolute Gasteiger partial charge is 0.254 e. The summed E-state index contributed by atoms with van der Waals surface area (Å²) < 4.78 is 32.6. The van der Waals surface area contributed by atoms with Crippen LogP contribution in [-0.2, 0) is 13.2 Å². The van der Waals surface area contributed by atoms with E-state index in [4.69, 9.17) is 4.74 Å². The Kier molecular flexibility index (Phi) is 5.90. The lowest BCUT2D eigenvalue weighted by atomic mass is 10.0. The highest BCUT2D eigenvalue weighted by molar-refractivity contribution is 5.95. The summed E-state index contributed by atoms with van der Waals surface area (Å²) in [4.78, 5) is 20.4. The Morgan fingerprint density at radius 3 is 2.71 bits per heavy atom. The van der Waals surface area contributed by atoms with Crippen LogP contribution >= 0.6 is 0 Å². The highest BCUT2D eigenvalue weighted by atomic mass is 19.1. The Hall–Kier alpha value is -3.39. The van der Waals surface area contributed by atoms with E-state index >= 15 is 0 Å². The normalized spacial score (nSPS) is 10.6. The molecule has 0 aliphatic carbocycles. The van der Waals surface area contributed by atoms with Crippen molar-refractivity contribution in [2.75, 3.05) is 7.11 Å². The van der Waals surface area contributed by atoms with Crippen LogP contribution in [0.5, 0.6) is 5.88 Å². The van der Waals surface area contributed by atoms with E-state index in [2.05, 4.69) is 15.3 Å². The SMILES string of the molecule is COc1ncc(CNC(=O)c2cc(-c3ncccc3CO)ccc2F)cc1F. The first-order valence-corrected chi connectivity index (χ1v) is 8.34. The maximum atomic E-state index is 14.2. The first-order chi connectivity index (χ1) is 13.5. The third-order valence-corrected chi connectivity index (χ3v) is 4.06. The van der Waals surface area contributed by atoms with Gasteiger partial charge in [0.25, 0.3) is 5.91 Å². The molecule has 0 spiro atoms. The van der Waals surface area contributed by atoms with Crippen molar-refractivity contribution in [3.05, 3.63) is 77.1 Å². The number of nitrogens with zero attached hydrogens (tertiary/aromatic N) is 2. The Bertz CT molecular complexity index is 1010. The molecule has 0 atom stereocenters. The summed E-state index contributed by atoms with van der Waals surface area (Å²) in [5.41, 5.74) is 1.72. The number of nitrogens with one attached hydrogen (secondary N) is 1. The first-order valence-electron chi connectivity index (χ1n) is 8.34. The number of aromatic nitrogens is 2. The Balaban J connectivity index is 1.81. The van der Waals surface area contributed by atoms with Gasteiger partial charge in [0.15, 0.2) is 5.82 Å². The molecular formula is C20H17F2N3O3. The van der Waals surface area contributed by atoms with Crippen molar-refractivity contribution < 1.29 is 23.4 Å². The average Bonchev–Trinajstić information content (AvgIpc) is 2.72. The minimum Gasteiger partial charge on any atom is -0.479 e. The molecule has 2 heterocycles. The molecule has 2 aromatic heterocycles. The number of halogens is 2. The summed E-state index contributed by atoms with van der Waals surface area (Å²) in [7, 11) is 1.30. The zero-order chi connectivity index (χ0) is 20.1. The van der Waals surface area contributed by atoms with Gasteiger partial charge in [0, 0.05) is 30.1 Å². The molecule has 1 amide bonds. The van der Waals surface area contributed by atoms with Crippen LogP contribution in [0.15, 0.2) is 48.8 Å². The predicted molar refractivity (Wildman–Crippen MR) is 97.5 cm³/mol. The molecule has 0 unspecified atom stereocenters. The van der Waals surface area contributed by atoms with E-state index in [1.165, 1.54) is 31.5 Å². The minimum atomic E-state index is -0.707. The quantitative estimate of drug-likeness (QED) is 0.682. The molecular weight excluding hydrogens is 368 g/mol. The minimum absolute atomic E-state index is 0.0398. The first kappa shape index (κ1) is 19.4. The molecule has 0 radical (unpaired) electrons. The van der Waals surface area contributed by atoms with Crippen molar-refractivity contribution in [1.29, 1.82) is 0 Å². The van der Waals surface area contributed by atoms with E-state index in [1.54, 1.807) is 18.3 Å². The van der Waals surface area contributed by atoms with Gasteiger partial charge in [-0.25, -0.2) is 13.8 Å². The number of methoxy groups -OCH3 is 1. The zero-order valence-electron chi connectivity index (χ0n) is 14.9. The van der Waals surface area contributed by atoms with E-state index in [1.807, 2.05) is 0 Å². The maximum absolute atomic E-state index is 14.2. The number of rotatable bonds is 6. The summed E-state index contributed by atoms with van der Waals surface area (Å²) in [6, 6.07) is 8.55. The summed E-state index contributed by atoms with van der Waals surface area (Å²) in [5, 5.41) is 12.0. The van der Waals surface area contributed by atoms with Crippen molar-refractivity contribution in [2.45, 2.75) is 13.2 Å². The van der Waals surface area contributed by atoms with Crippen LogP contribution in [0.3, 0.4) is 0 Å². The largest absolute Gasteiger partial charge is 0.479 e. The molecule has 28 heavy (non-hydrogen) atoms. The van der Waals surface area contributed by atoms with Crippen molar-refractivity contribution in [3.63, 3.8) is 0 Å². The van der Waals surface area contributed by atoms with E-state index in [9.17, 15) is 18.7 Å². The number of aliphatic hydroxyl groups excluding tert-OH is 1.